The summed E-state index contributed by atoms with van der Waals surface area (Å²) in [6.45, 7) is 8.65. The van der Waals surface area contributed by atoms with Crippen molar-refractivity contribution in [1.29, 1.82) is 0 Å². The Bertz CT molecular complexity index is 579. The number of nitrogens with zero attached hydrogens (tertiary/aromatic N) is 1. The smallest absolute Gasteiger partial charge is 0.180 e. The molecule has 0 spiro atoms. The van der Waals surface area contributed by atoms with Crippen LogP contribution in [0.25, 0.3) is 0 Å². The summed E-state index contributed by atoms with van der Waals surface area (Å²) >= 11 is 5.16. The van der Waals surface area contributed by atoms with Crippen molar-refractivity contribution in [3.05, 3.63) is 43.9 Å². The Morgan fingerprint density at radius 2 is 1.84 bits per heavy atom. The lowest BCUT2D eigenvalue weighted by atomic mass is 9.97. The zero-order valence-electron chi connectivity index (χ0n) is 11.7. The van der Waals surface area contributed by atoms with Gasteiger partial charge in [0.2, 0.25) is 0 Å². The summed E-state index contributed by atoms with van der Waals surface area (Å²) in [6.07, 6.45) is 0.924. The zero-order chi connectivity index (χ0) is 14.2. The van der Waals surface area contributed by atoms with Crippen molar-refractivity contribution >= 4 is 32.4 Å². The van der Waals surface area contributed by atoms with Gasteiger partial charge in [0.15, 0.2) is 5.13 Å². The zero-order valence-corrected chi connectivity index (χ0v) is 14.2. The molecule has 2 N–H and O–H groups in total. The van der Waals surface area contributed by atoms with Gasteiger partial charge in [-0.15, -0.1) is 11.3 Å². The highest BCUT2D eigenvalue weighted by molar-refractivity contribution is 9.10. The second-order valence-electron chi connectivity index (χ2n) is 5.21. The molecule has 2 rings (SSSR count). The number of hydrogen-bond acceptors (Lipinski definition) is 3. The largest absolute Gasteiger partial charge is 0.375 e. The van der Waals surface area contributed by atoms with Crippen LogP contribution in [0.15, 0.2) is 16.6 Å². The van der Waals surface area contributed by atoms with Crippen LogP contribution in [-0.4, -0.2) is 4.98 Å². The van der Waals surface area contributed by atoms with Crippen LogP contribution in [0.4, 0.5) is 5.13 Å². The summed E-state index contributed by atoms with van der Waals surface area (Å²) in [4.78, 5) is 5.76. The summed E-state index contributed by atoms with van der Waals surface area (Å²) in [5.41, 5.74) is 11.0. The van der Waals surface area contributed by atoms with Gasteiger partial charge in [-0.25, -0.2) is 4.98 Å². The van der Waals surface area contributed by atoms with Gasteiger partial charge in [0.1, 0.15) is 0 Å². The van der Waals surface area contributed by atoms with E-state index in [9.17, 15) is 0 Å². The van der Waals surface area contributed by atoms with Crippen molar-refractivity contribution in [3.8, 4) is 0 Å². The fourth-order valence-electron chi connectivity index (χ4n) is 2.34. The highest BCUT2D eigenvalue weighted by Crippen LogP contribution is 2.31. The molecular weight excluding hydrogens is 320 g/mol. The number of aromatic nitrogens is 1. The Hall–Kier alpha value is -0.870. The molecule has 0 unspecified atom stereocenters. The molecule has 0 aliphatic rings. The van der Waals surface area contributed by atoms with Gasteiger partial charge in [-0.3, -0.25) is 0 Å². The topological polar surface area (TPSA) is 38.9 Å². The number of rotatable bonds is 3. The van der Waals surface area contributed by atoms with Gasteiger partial charge >= 0.3 is 0 Å². The van der Waals surface area contributed by atoms with E-state index in [-0.39, 0.29) is 0 Å². The van der Waals surface area contributed by atoms with E-state index in [0.29, 0.717) is 11.0 Å². The maximum absolute atomic E-state index is 5.87. The molecule has 0 aliphatic heterocycles. The molecular formula is C15H19BrN2S. The Labute approximate surface area is 127 Å². The molecule has 0 bridgehead atoms. The first-order valence-electron chi connectivity index (χ1n) is 6.39. The van der Waals surface area contributed by atoms with Gasteiger partial charge in [-0.2, -0.15) is 0 Å². The van der Waals surface area contributed by atoms with Crippen molar-refractivity contribution in [1.82, 2.24) is 4.98 Å². The van der Waals surface area contributed by atoms with Crippen LogP contribution in [0, 0.1) is 13.8 Å². The van der Waals surface area contributed by atoms with Gasteiger partial charge in [0.05, 0.1) is 5.69 Å². The molecule has 0 saturated heterocycles. The average Bonchev–Trinajstić information content (AvgIpc) is 2.65. The van der Waals surface area contributed by atoms with Crippen LogP contribution in [0.1, 0.15) is 47.0 Å². The minimum atomic E-state index is 0.416. The summed E-state index contributed by atoms with van der Waals surface area (Å²) < 4.78 is 1.14. The van der Waals surface area contributed by atoms with Crippen LogP contribution < -0.4 is 5.73 Å². The van der Waals surface area contributed by atoms with E-state index in [1.807, 2.05) is 0 Å². The molecule has 1 aromatic heterocycles. The summed E-state index contributed by atoms with van der Waals surface area (Å²) in [7, 11) is 0. The third-order valence-corrected chi connectivity index (χ3v) is 4.65. The second kappa shape index (κ2) is 5.63. The van der Waals surface area contributed by atoms with Crippen molar-refractivity contribution in [2.45, 2.75) is 40.0 Å². The normalized spacial score (nSPS) is 11.3. The molecule has 2 aromatic rings. The first-order chi connectivity index (χ1) is 8.88. The van der Waals surface area contributed by atoms with Gasteiger partial charge in [0.25, 0.3) is 0 Å². The molecule has 0 saturated carbocycles. The molecule has 4 heteroatoms. The van der Waals surface area contributed by atoms with Gasteiger partial charge in [-0.05, 0) is 48.6 Å². The van der Waals surface area contributed by atoms with Crippen molar-refractivity contribution < 1.29 is 0 Å². The SMILES string of the molecule is Cc1cc(Br)cc(C)c1Cc1sc(N)nc1C(C)C. The molecule has 0 aliphatic carbocycles. The number of benzene rings is 1. The van der Waals surface area contributed by atoms with Crippen LogP contribution in [0.3, 0.4) is 0 Å². The molecule has 0 fully saturated rings. The van der Waals surface area contributed by atoms with Gasteiger partial charge in [-0.1, -0.05) is 29.8 Å². The predicted octanol–water partition coefficient (Wildman–Crippen LogP) is 4.82. The maximum atomic E-state index is 5.87. The fourth-order valence-corrected chi connectivity index (χ4v) is 4.03. The Morgan fingerprint density at radius 1 is 1.26 bits per heavy atom. The number of thiazole rings is 1. The molecule has 102 valence electrons. The monoisotopic (exact) mass is 338 g/mol. The fraction of sp³-hybridized carbons (Fsp3) is 0.400. The number of halogens is 1. The third-order valence-electron chi connectivity index (χ3n) is 3.29. The standard InChI is InChI=1S/C15H19BrN2S/c1-8(2)14-13(19-15(17)18-14)7-12-9(3)5-11(16)6-10(12)4/h5-6,8H,7H2,1-4H3,(H2,17,18). The average molecular weight is 339 g/mol. The number of anilines is 1. The molecule has 0 amide bonds. The minimum absolute atomic E-state index is 0.416. The van der Waals surface area contributed by atoms with E-state index in [4.69, 9.17) is 5.73 Å². The summed E-state index contributed by atoms with van der Waals surface area (Å²) in [5.74, 6) is 0.416. The van der Waals surface area contributed by atoms with E-state index in [0.717, 1.165) is 16.6 Å². The lowest BCUT2D eigenvalue weighted by Crippen LogP contribution is -1.99. The lowest BCUT2D eigenvalue weighted by Gasteiger charge is -2.11. The Morgan fingerprint density at radius 3 is 2.37 bits per heavy atom. The minimum Gasteiger partial charge on any atom is -0.375 e. The lowest BCUT2D eigenvalue weighted by molar-refractivity contribution is 0.819. The van der Waals surface area contributed by atoms with E-state index in [1.54, 1.807) is 11.3 Å². The number of hydrogen-bond donors (Lipinski definition) is 1. The highest BCUT2D eigenvalue weighted by Gasteiger charge is 2.15. The molecule has 2 nitrogen and oxygen atoms in total. The van der Waals surface area contributed by atoms with Crippen LogP contribution in [0.2, 0.25) is 0 Å². The number of aryl methyl sites for hydroxylation is 2. The summed E-state index contributed by atoms with van der Waals surface area (Å²) in [6, 6.07) is 4.34. The van der Waals surface area contributed by atoms with Crippen LogP contribution in [0.5, 0.6) is 0 Å². The predicted molar refractivity (Wildman–Crippen MR) is 87.0 cm³/mol. The van der Waals surface area contributed by atoms with E-state index in [2.05, 4.69) is 60.7 Å². The Balaban J connectivity index is 2.42. The third kappa shape index (κ3) is 3.18. The van der Waals surface area contributed by atoms with Crippen molar-refractivity contribution in [2.75, 3.05) is 5.73 Å². The van der Waals surface area contributed by atoms with E-state index in [1.165, 1.54) is 21.6 Å². The summed E-state index contributed by atoms with van der Waals surface area (Å²) in [5, 5.41) is 0.672. The first-order valence-corrected chi connectivity index (χ1v) is 8.00. The maximum Gasteiger partial charge on any atom is 0.180 e. The Kier molecular flexibility index (Phi) is 4.31. The molecule has 0 radical (unpaired) electrons. The molecule has 1 aromatic carbocycles. The first kappa shape index (κ1) is 14.5. The molecule has 19 heavy (non-hydrogen) atoms. The van der Waals surface area contributed by atoms with Crippen molar-refractivity contribution in [3.63, 3.8) is 0 Å². The molecule has 0 atom stereocenters. The second-order valence-corrected chi connectivity index (χ2v) is 7.24. The van der Waals surface area contributed by atoms with E-state index < -0.39 is 0 Å². The van der Waals surface area contributed by atoms with Crippen LogP contribution >= 0.6 is 27.3 Å². The van der Waals surface area contributed by atoms with E-state index >= 15 is 0 Å². The number of nitrogens with two attached hydrogens (primary N) is 1. The highest BCUT2D eigenvalue weighted by atomic mass is 79.9. The van der Waals surface area contributed by atoms with Crippen LogP contribution in [-0.2, 0) is 6.42 Å². The molecule has 1 heterocycles. The number of nitrogen functional groups attached to an aromatic ring is 1. The quantitative estimate of drug-likeness (QED) is 0.871. The van der Waals surface area contributed by atoms with Gasteiger partial charge < -0.3 is 5.73 Å². The van der Waals surface area contributed by atoms with Gasteiger partial charge in [0, 0.05) is 15.8 Å². The van der Waals surface area contributed by atoms with Crippen molar-refractivity contribution in [2.24, 2.45) is 0 Å².